The van der Waals surface area contributed by atoms with Gasteiger partial charge < -0.3 is 19.7 Å². The number of nitrogens with one attached hydrogen (secondary N) is 1. The van der Waals surface area contributed by atoms with E-state index in [0.29, 0.717) is 54.7 Å². The number of carbonyl (C=O) groups is 2. The molecule has 0 unspecified atom stereocenters. The Bertz CT molecular complexity index is 1100. The highest BCUT2D eigenvalue weighted by atomic mass is 35.5. The van der Waals surface area contributed by atoms with Crippen LogP contribution in [-0.4, -0.2) is 53.9 Å². The van der Waals surface area contributed by atoms with Crippen molar-refractivity contribution >= 4 is 29.3 Å². The molecule has 0 atom stereocenters. The fourth-order valence-corrected chi connectivity index (χ4v) is 4.87. The number of hydrogen-bond donors (Lipinski definition) is 1. The van der Waals surface area contributed by atoms with Gasteiger partial charge in [-0.25, -0.2) is 0 Å². The highest BCUT2D eigenvalue weighted by Gasteiger charge is 2.27. The van der Waals surface area contributed by atoms with E-state index < -0.39 is 0 Å². The number of carbonyl (C=O) groups excluding carboxylic acids is 2. The van der Waals surface area contributed by atoms with Crippen molar-refractivity contribution in [3.63, 3.8) is 0 Å². The number of halogens is 1. The molecule has 1 aromatic heterocycles. The minimum absolute atomic E-state index is 0.0363. The minimum Gasteiger partial charge on any atom is -0.490 e. The summed E-state index contributed by atoms with van der Waals surface area (Å²) in [4.78, 5) is 26.7. The van der Waals surface area contributed by atoms with Crippen LogP contribution in [0.4, 0.5) is 5.82 Å². The van der Waals surface area contributed by atoms with E-state index in [9.17, 15) is 9.59 Å². The number of hydrogen-bond acceptors (Lipinski definition) is 8. The Labute approximate surface area is 215 Å². The summed E-state index contributed by atoms with van der Waals surface area (Å²) < 4.78 is 11.1. The first-order chi connectivity index (χ1) is 17.5. The number of rotatable bonds is 7. The lowest BCUT2D eigenvalue weighted by atomic mass is 9.93. The van der Waals surface area contributed by atoms with E-state index in [1.165, 1.54) is 0 Å². The maximum Gasteiger partial charge on any atom is 0.309 e. The number of piperidine rings is 1. The third-order valence-corrected chi connectivity index (χ3v) is 7.01. The van der Waals surface area contributed by atoms with Gasteiger partial charge in [-0.3, -0.25) is 9.59 Å². The van der Waals surface area contributed by atoms with Crippen LogP contribution in [0.2, 0.25) is 5.02 Å². The van der Waals surface area contributed by atoms with E-state index in [1.807, 2.05) is 13.0 Å². The molecule has 1 saturated carbocycles. The number of aromatic nitrogens is 2. The maximum atomic E-state index is 12.7. The molecule has 9 nitrogen and oxygen atoms in total. The van der Waals surface area contributed by atoms with Gasteiger partial charge in [-0.1, -0.05) is 11.6 Å². The molecule has 1 saturated heterocycles. The van der Waals surface area contributed by atoms with Crippen molar-refractivity contribution in [3.05, 3.63) is 46.6 Å². The van der Waals surface area contributed by atoms with Gasteiger partial charge in [0, 0.05) is 25.2 Å². The molecule has 2 aliphatic rings. The van der Waals surface area contributed by atoms with Crippen LogP contribution in [0.25, 0.3) is 0 Å². The molecule has 1 aromatic carbocycles. The standard InChI is InChI=1S/C26H30ClN5O4/c1-2-35-26(34)17-11-13-32(14-12-17)24-10-9-23(30-31-24)25(33)29-19-4-7-20(8-5-19)36-21-6-3-18(16-28)22(27)15-21/h3,6,9-10,15,17,19-20H,2,4-5,7-8,11-14H2,1H3,(H,29,33)/t19-,20-. The molecule has 1 amide bonds. The van der Waals surface area contributed by atoms with Crippen molar-refractivity contribution in [2.75, 3.05) is 24.6 Å². The Kier molecular flexibility index (Phi) is 8.60. The molecular weight excluding hydrogens is 482 g/mol. The van der Waals surface area contributed by atoms with Crippen LogP contribution in [0.15, 0.2) is 30.3 Å². The average molecular weight is 512 g/mol. The molecule has 1 aliphatic heterocycles. The molecule has 190 valence electrons. The maximum absolute atomic E-state index is 12.7. The highest BCUT2D eigenvalue weighted by molar-refractivity contribution is 6.31. The van der Waals surface area contributed by atoms with Crippen molar-refractivity contribution in [2.45, 2.75) is 57.6 Å². The molecule has 0 radical (unpaired) electrons. The second kappa shape index (κ2) is 12.0. The van der Waals surface area contributed by atoms with Gasteiger partial charge in [0.25, 0.3) is 5.91 Å². The van der Waals surface area contributed by atoms with E-state index >= 15 is 0 Å². The lowest BCUT2D eigenvalue weighted by Crippen LogP contribution is -2.40. The predicted octanol–water partition coefficient (Wildman–Crippen LogP) is 3.90. The first-order valence-electron chi connectivity index (χ1n) is 12.4. The number of esters is 1. The quantitative estimate of drug-likeness (QED) is 0.556. The van der Waals surface area contributed by atoms with Gasteiger partial charge in [0.05, 0.1) is 29.2 Å². The molecule has 1 aliphatic carbocycles. The van der Waals surface area contributed by atoms with Gasteiger partial charge in [0.15, 0.2) is 11.5 Å². The zero-order valence-electron chi connectivity index (χ0n) is 20.3. The topological polar surface area (TPSA) is 117 Å². The van der Waals surface area contributed by atoms with Crippen LogP contribution >= 0.6 is 11.6 Å². The molecule has 36 heavy (non-hydrogen) atoms. The summed E-state index contributed by atoms with van der Waals surface area (Å²) in [5.74, 6) is 0.913. The first kappa shape index (κ1) is 25.7. The van der Waals surface area contributed by atoms with E-state index in [-0.39, 0.29) is 35.6 Å². The Hall–Kier alpha value is -3.38. The summed E-state index contributed by atoms with van der Waals surface area (Å²) in [5.41, 5.74) is 0.705. The van der Waals surface area contributed by atoms with Crippen LogP contribution in [-0.2, 0) is 9.53 Å². The molecule has 2 fully saturated rings. The van der Waals surface area contributed by atoms with Crippen molar-refractivity contribution in [2.24, 2.45) is 5.92 Å². The van der Waals surface area contributed by atoms with Crippen LogP contribution in [0.1, 0.15) is 61.5 Å². The van der Waals surface area contributed by atoms with Gasteiger partial charge >= 0.3 is 5.97 Å². The monoisotopic (exact) mass is 511 g/mol. The number of ether oxygens (including phenoxy) is 2. The van der Waals surface area contributed by atoms with Gasteiger partial charge in [-0.2, -0.15) is 5.26 Å². The third-order valence-electron chi connectivity index (χ3n) is 6.70. The van der Waals surface area contributed by atoms with Gasteiger partial charge in [0.2, 0.25) is 0 Å². The molecule has 2 aromatic rings. The summed E-state index contributed by atoms with van der Waals surface area (Å²) in [5, 5.41) is 20.8. The predicted molar refractivity (Wildman–Crippen MR) is 134 cm³/mol. The number of benzene rings is 1. The minimum atomic E-state index is -0.238. The molecule has 10 heteroatoms. The van der Waals surface area contributed by atoms with Crippen molar-refractivity contribution in [1.29, 1.82) is 5.26 Å². The van der Waals surface area contributed by atoms with Crippen molar-refractivity contribution in [3.8, 4) is 11.8 Å². The Morgan fingerprint density at radius 1 is 1.11 bits per heavy atom. The largest absolute Gasteiger partial charge is 0.490 e. The number of nitriles is 1. The normalized spacial score (nSPS) is 20.3. The van der Waals surface area contributed by atoms with Crippen LogP contribution in [0.5, 0.6) is 5.75 Å². The Morgan fingerprint density at radius 3 is 2.47 bits per heavy atom. The van der Waals surface area contributed by atoms with Crippen LogP contribution < -0.4 is 15.0 Å². The van der Waals surface area contributed by atoms with Gasteiger partial charge in [0.1, 0.15) is 11.8 Å². The second-order valence-corrected chi connectivity index (χ2v) is 9.52. The summed E-state index contributed by atoms with van der Waals surface area (Å²) >= 11 is 6.09. The molecule has 2 heterocycles. The molecule has 1 N–H and O–H groups in total. The summed E-state index contributed by atoms with van der Waals surface area (Å²) in [7, 11) is 0. The first-order valence-corrected chi connectivity index (χ1v) is 12.8. The summed E-state index contributed by atoms with van der Waals surface area (Å²) in [6, 6.07) is 10.7. The van der Waals surface area contributed by atoms with Crippen LogP contribution in [0.3, 0.4) is 0 Å². The summed E-state index contributed by atoms with van der Waals surface area (Å²) in [6.07, 6.45) is 4.65. The van der Waals surface area contributed by atoms with Crippen LogP contribution in [0, 0.1) is 17.2 Å². The third kappa shape index (κ3) is 6.43. The SMILES string of the molecule is CCOC(=O)C1CCN(c2ccc(C(=O)N[C@H]3CC[C@H](Oc4ccc(C#N)c(Cl)c4)CC3)nn2)CC1. The molecule has 0 spiro atoms. The zero-order valence-corrected chi connectivity index (χ0v) is 21.0. The smallest absolute Gasteiger partial charge is 0.309 e. The number of anilines is 1. The Balaban J connectivity index is 1.22. The van der Waals surface area contributed by atoms with E-state index in [0.717, 1.165) is 25.7 Å². The molecule has 4 rings (SSSR count). The molecule has 0 bridgehead atoms. The second-order valence-electron chi connectivity index (χ2n) is 9.11. The molecular formula is C26H30ClN5O4. The summed E-state index contributed by atoms with van der Waals surface area (Å²) in [6.45, 7) is 3.61. The lowest BCUT2D eigenvalue weighted by molar-refractivity contribution is -0.148. The number of amides is 1. The fourth-order valence-electron chi connectivity index (χ4n) is 4.66. The van der Waals surface area contributed by atoms with E-state index in [1.54, 1.807) is 30.3 Å². The number of nitrogens with zero attached hydrogens (tertiary/aromatic N) is 4. The zero-order chi connectivity index (χ0) is 25.5. The van der Waals surface area contributed by atoms with E-state index in [2.05, 4.69) is 20.4 Å². The lowest BCUT2D eigenvalue weighted by Gasteiger charge is -2.31. The van der Waals surface area contributed by atoms with Crippen molar-refractivity contribution < 1.29 is 19.1 Å². The van der Waals surface area contributed by atoms with Gasteiger partial charge in [-0.15, -0.1) is 10.2 Å². The highest BCUT2D eigenvalue weighted by Crippen LogP contribution is 2.27. The average Bonchev–Trinajstić information content (AvgIpc) is 2.90. The van der Waals surface area contributed by atoms with Gasteiger partial charge in [-0.05, 0) is 69.7 Å². The fraction of sp³-hybridized carbons (Fsp3) is 0.500. The Morgan fingerprint density at radius 2 is 1.86 bits per heavy atom. The van der Waals surface area contributed by atoms with Crippen molar-refractivity contribution in [1.82, 2.24) is 15.5 Å². The van der Waals surface area contributed by atoms with E-state index in [4.69, 9.17) is 26.3 Å².